The van der Waals surface area contributed by atoms with Gasteiger partial charge >= 0.3 is 11.0 Å². The van der Waals surface area contributed by atoms with Crippen LogP contribution in [0.25, 0.3) is 5.69 Å². The molecular weight excluding hydrogens is 234 g/mol. The first-order valence-electron chi connectivity index (χ1n) is 5.49. The first-order valence-corrected chi connectivity index (χ1v) is 6.37. The number of rotatable bonds is 2. The molecule has 2 aromatic rings. The number of aromatic nitrogens is 1. The van der Waals surface area contributed by atoms with Crippen molar-refractivity contribution < 1.29 is 14.5 Å². The van der Waals surface area contributed by atoms with Crippen LogP contribution in [0.15, 0.2) is 35.7 Å². The van der Waals surface area contributed by atoms with E-state index in [1.165, 1.54) is 11.3 Å². The maximum absolute atomic E-state index is 11.0. The molecule has 0 amide bonds. The molecule has 0 radical (unpaired) electrons. The van der Waals surface area contributed by atoms with Gasteiger partial charge in [0.25, 0.3) is 0 Å². The smallest absolute Gasteiger partial charge is 0.413 e. The fourth-order valence-electron chi connectivity index (χ4n) is 1.45. The highest BCUT2D eigenvalue weighted by Crippen LogP contribution is 2.11. The molecule has 0 atom stereocenters. The maximum Gasteiger partial charge on any atom is 0.413 e. The van der Waals surface area contributed by atoms with Crippen LogP contribution in [0.2, 0.25) is 0 Å². The summed E-state index contributed by atoms with van der Waals surface area (Å²) < 4.78 is 1.74. The van der Waals surface area contributed by atoms with Gasteiger partial charge in [0.2, 0.25) is 5.69 Å². The van der Waals surface area contributed by atoms with E-state index in [-0.39, 0.29) is 0 Å². The normalized spacial score (nSPS) is 9.35. The predicted octanol–water partition coefficient (Wildman–Crippen LogP) is 3.06. The van der Waals surface area contributed by atoms with Crippen molar-refractivity contribution >= 4 is 17.3 Å². The number of aromatic carboxylic acids is 1. The van der Waals surface area contributed by atoms with Crippen LogP contribution < -0.4 is 4.57 Å². The van der Waals surface area contributed by atoms with E-state index >= 15 is 0 Å². The fraction of sp³-hybridized carbons (Fsp3) is 0.231. The van der Waals surface area contributed by atoms with Crippen LogP contribution in [-0.2, 0) is 0 Å². The number of thiazole rings is 1. The lowest BCUT2D eigenvalue weighted by atomic mass is 10.3. The Bertz CT molecular complexity index is 491. The fourth-order valence-corrected chi connectivity index (χ4v) is 2.29. The van der Waals surface area contributed by atoms with Crippen LogP contribution in [0.3, 0.4) is 0 Å². The molecule has 0 saturated heterocycles. The van der Waals surface area contributed by atoms with E-state index in [1.54, 1.807) is 4.57 Å². The molecule has 1 heterocycles. The summed E-state index contributed by atoms with van der Waals surface area (Å²) in [7, 11) is 0. The number of para-hydroxylation sites is 1. The molecule has 0 aliphatic heterocycles. The number of benzene rings is 1. The Balaban J connectivity index is 0.000000686. The molecule has 90 valence electrons. The van der Waals surface area contributed by atoms with E-state index in [0.29, 0.717) is 5.01 Å². The summed E-state index contributed by atoms with van der Waals surface area (Å²) in [6, 6.07) is 9.49. The van der Waals surface area contributed by atoms with Crippen LogP contribution >= 0.6 is 11.3 Å². The Labute approximate surface area is 105 Å². The van der Waals surface area contributed by atoms with Gasteiger partial charge in [-0.15, -0.1) is 4.57 Å². The molecule has 2 rings (SSSR count). The average Bonchev–Trinajstić information content (AvgIpc) is 2.75. The maximum atomic E-state index is 11.0. The number of nitrogens with zero attached hydrogens (tertiary/aromatic N) is 1. The van der Waals surface area contributed by atoms with Gasteiger partial charge in [0, 0.05) is 19.1 Å². The van der Waals surface area contributed by atoms with Crippen molar-refractivity contribution in [3.8, 4) is 5.69 Å². The van der Waals surface area contributed by atoms with E-state index in [2.05, 4.69) is 0 Å². The quantitative estimate of drug-likeness (QED) is 0.832. The monoisotopic (exact) mass is 250 g/mol. The molecule has 17 heavy (non-hydrogen) atoms. The standard InChI is InChI=1S/C11H9NO2S.C2H6/c1-8-7-15-10(11(13)14)12(8)9-5-3-2-4-6-9;1-2/h2-7H,1H3;1-2H3/p+1. The first kappa shape index (κ1) is 13.4. The lowest BCUT2D eigenvalue weighted by Crippen LogP contribution is -2.37. The summed E-state index contributed by atoms with van der Waals surface area (Å²) in [5.41, 5.74) is 1.82. The van der Waals surface area contributed by atoms with Gasteiger partial charge in [0.05, 0.1) is 5.38 Å². The molecule has 0 aliphatic rings. The van der Waals surface area contributed by atoms with Gasteiger partial charge in [0.1, 0.15) is 0 Å². The minimum absolute atomic E-state index is 0.332. The number of carboxylic acid groups (broad SMARTS) is 1. The van der Waals surface area contributed by atoms with E-state index in [4.69, 9.17) is 5.11 Å². The highest BCUT2D eigenvalue weighted by molar-refractivity contribution is 7.11. The van der Waals surface area contributed by atoms with E-state index in [1.807, 2.05) is 56.5 Å². The molecule has 0 unspecified atom stereocenters. The third-order valence-electron chi connectivity index (χ3n) is 2.09. The number of aryl methyl sites for hydroxylation is 1. The van der Waals surface area contributed by atoms with Crippen molar-refractivity contribution in [3.63, 3.8) is 0 Å². The first-order chi connectivity index (χ1) is 8.20. The molecule has 1 aromatic carbocycles. The molecule has 4 heteroatoms. The van der Waals surface area contributed by atoms with Gasteiger partial charge in [-0.3, -0.25) is 0 Å². The van der Waals surface area contributed by atoms with Crippen molar-refractivity contribution in [3.05, 3.63) is 46.4 Å². The van der Waals surface area contributed by atoms with E-state index in [0.717, 1.165) is 11.4 Å². The van der Waals surface area contributed by atoms with Crippen LogP contribution in [0.5, 0.6) is 0 Å². The molecule has 1 N–H and O–H groups in total. The SMILES string of the molecule is CC.Cc1csc(C(=O)O)[n+]1-c1ccccc1. The van der Waals surface area contributed by atoms with Crippen molar-refractivity contribution in [2.75, 3.05) is 0 Å². The lowest BCUT2D eigenvalue weighted by molar-refractivity contribution is -0.600. The predicted molar refractivity (Wildman–Crippen MR) is 68.9 cm³/mol. The van der Waals surface area contributed by atoms with Crippen LogP contribution in [0, 0.1) is 6.92 Å². The second-order valence-electron chi connectivity index (χ2n) is 3.16. The summed E-state index contributed by atoms with van der Waals surface area (Å²) in [5, 5.41) is 11.2. The summed E-state index contributed by atoms with van der Waals surface area (Å²) >= 11 is 1.24. The molecule has 0 fully saturated rings. The van der Waals surface area contributed by atoms with Gasteiger partial charge in [-0.1, -0.05) is 43.4 Å². The Morgan fingerprint density at radius 1 is 1.24 bits per heavy atom. The van der Waals surface area contributed by atoms with Gasteiger partial charge < -0.3 is 5.11 Å². The highest BCUT2D eigenvalue weighted by atomic mass is 32.1. The topological polar surface area (TPSA) is 41.2 Å². The van der Waals surface area contributed by atoms with Crippen LogP contribution in [0.4, 0.5) is 0 Å². The summed E-state index contributed by atoms with van der Waals surface area (Å²) in [4.78, 5) is 11.0. The largest absolute Gasteiger partial charge is 0.473 e. The number of carbonyl (C=O) groups is 1. The van der Waals surface area contributed by atoms with Crippen molar-refractivity contribution in [2.45, 2.75) is 20.8 Å². The van der Waals surface area contributed by atoms with Gasteiger partial charge in [-0.25, -0.2) is 4.79 Å². The lowest BCUT2D eigenvalue weighted by Gasteiger charge is -1.95. The summed E-state index contributed by atoms with van der Waals surface area (Å²) in [6.45, 7) is 5.90. The molecule has 1 aromatic heterocycles. The summed E-state index contributed by atoms with van der Waals surface area (Å²) in [6.07, 6.45) is 0. The zero-order valence-corrected chi connectivity index (χ0v) is 11.0. The number of carboxylic acids is 1. The van der Waals surface area contributed by atoms with Gasteiger partial charge in [0.15, 0.2) is 5.69 Å². The third kappa shape index (κ3) is 2.91. The zero-order valence-electron chi connectivity index (χ0n) is 10.2. The van der Waals surface area contributed by atoms with Gasteiger partial charge in [-0.2, -0.15) is 0 Å². The van der Waals surface area contributed by atoms with E-state index < -0.39 is 5.97 Å². The zero-order chi connectivity index (χ0) is 12.8. The second-order valence-corrected chi connectivity index (χ2v) is 4.02. The van der Waals surface area contributed by atoms with Crippen molar-refractivity contribution in [1.29, 1.82) is 0 Å². The second kappa shape index (κ2) is 6.15. The Kier molecular flexibility index (Phi) is 4.84. The minimum atomic E-state index is -0.892. The highest BCUT2D eigenvalue weighted by Gasteiger charge is 2.25. The van der Waals surface area contributed by atoms with Crippen molar-refractivity contribution in [1.82, 2.24) is 0 Å². The van der Waals surface area contributed by atoms with Crippen LogP contribution in [-0.4, -0.2) is 11.1 Å². The Morgan fingerprint density at radius 2 is 1.82 bits per heavy atom. The number of hydrogen-bond acceptors (Lipinski definition) is 2. The minimum Gasteiger partial charge on any atom is -0.473 e. The number of hydrogen-bond donors (Lipinski definition) is 1. The van der Waals surface area contributed by atoms with Crippen LogP contribution in [0.1, 0.15) is 29.3 Å². The Morgan fingerprint density at radius 3 is 2.35 bits per heavy atom. The van der Waals surface area contributed by atoms with Crippen molar-refractivity contribution in [2.24, 2.45) is 0 Å². The van der Waals surface area contributed by atoms with Gasteiger partial charge in [-0.05, 0) is 0 Å². The third-order valence-corrected chi connectivity index (χ3v) is 3.13. The molecule has 3 nitrogen and oxygen atoms in total. The summed E-state index contributed by atoms with van der Waals surface area (Å²) in [5.74, 6) is -0.892. The molecule has 0 spiro atoms. The molecule has 0 bridgehead atoms. The molecular formula is C13H16NO2S+. The van der Waals surface area contributed by atoms with E-state index in [9.17, 15) is 4.79 Å². The molecule has 0 saturated carbocycles. The Hall–Kier alpha value is -1.68. The molecule has 0 aliphatic carbocycles. The average molecular weight is 250 g/mol.